The van der Waals surface area contributed by atoms with Crippen molar-refractivity contribution in [1.82, 2.24) is 14.6 Å². The van der Waals surface area contributed by atoms with Crippen LogP contribution in [0.3, 0.4) is 0 Å². The number of nitrogen functional groups attached to an aromatic ring is 1. The van der Waals surface area contributed by atoms with Crippen LogP contribution in [0.2, 0.25) is 0 Å². The molecule has 0 amide bonds. The summed E-state index contributed by atoms with van der Waals surface area (Å²) in [4.78, 5) is 16.8. The summed E-state index contributed by atoms with van der Waals surface area (Å²) in [7, 11) is 0. The SMILES string of the molecule is C[C@@]1(c2ccc3c(N)ncnn23)O[C@H](COC(=O)C2(c3ccccc3)CC2)[C@@H](O)[C@H]1O. The van der Waals surface area contributed by atoms with Gasteiger partial charge in [-0.3, -0.25) is 4.79 Å². The van der Waals surface area contributed by atoms with Gasteiger partial charge in [-0.2, -0.15) is 5.10 Å². The van der Waals surface area contributed by atoms with E-state index in [1.807, 2.05) is 30.3 Å². The summed E-state index contributed by atoms with van der Waals surface area (Å²) in [5, 5.41) is 25.6. The number of hydrogen-bond donors (Lipinski definition) is 3. The summed E-state index contributed by atoms with van der Waals surface area (Å²) in [6, 6.07) is 13.0. The quantitative estimate of drug-likeness (QED) is 0.515. The normalized spacial score (nSPS) is 29.2. The summed E-state index contributed by atoms with van der Waals surface area (Å²) in [6.07, 6.45) is -0.627. The Morgan fingerprint density at radius 2 is 2.00 bits per heavy atom. The molecule has 3 aromatic rings. The van der Waals surface area contributed by atoms with E-state index in [4.69, 9.17) is 15.2 Å². The lowest BCUT2D eigenvalue weighted by Gasteiger charge is -2.27. The van der Waals surface area contributed by atoms with Crippen LogP contribution in [0.5, 0.6) is 0 Å². The van der Waals surface area contributed by atoms with E-state index in [-0.39, 0.29) is 12.6 Å². The molecule has 2 fully saturated rings. The zero-order valence-electron chi connectivity index (χ0n) is 17.0. The number of ether oxygens (including phenoxy) is 2. The van der Waals surface area contributed by atoms with Crippen molar-refractivity contribution < 1.29 is 24.5 Å². The lowest BCUT2D eigenvalue weighted by atomic mass is 9.93. The van der Waals surface area contributed by atoms with Gasteiger partial charge in [0.2, 0.25) is 0 Å². The van der Waals surface area contributed by atoms with Crippen molar-refractivity contribution in [3.8, 4) is 0 Å². The Bertz CT molecular complexity index is 1130. The molecule has 9 nitrogen and oxygen atoms in total. The largest absolute Gasteiger partial charge is 0.462 e. The second-order valence-corrected chi connectivity index (χ2v) is 8.41. The second kappa shape index (κ2) is 7.01. The Morgan fingerprint density at radius 3 is 2.71 bits per heavy atom. The number of carbonyl (C=O) groups excluding carboxylic acids is 1. The van der Waals surface area contributed by atoms with Crippen molar-refractivity contribution in [2.75, 3.05) is 12.3 Å². The first-order valence-electron chi connectivity index (χ1n) is 10.2. The van der Waals surface area contributed by atoms with E-state index in [2.05, 4.69) is 10.1 Å². The highest BCUT2D eigenvalue weighted by molar-refractivity contribution is 5.86. The maximum atomic E-state index is 12.8. The van der Waals surface area contributed by atoms with Crippen LogP contribution >= 0.6 is 0 Å². The summed E-state index contributed by atoms with van der Waals surface area (Å²) in [6.45, 7) is 1.50. The fourth-order valence-electron chi connectivity index (χ4n) is 4.45. The van der Waals surface area contributed by atoms with E-state index in [1.165, 1.54) is 10.8 Å². The molecule has 1 saturated heterocycles. The van der Waals surface area contributed by atoms with E-state index in [0.29, 0.717) is 17.0 Å². The zero-order chi connectivity index (χ0) is 21.8. The Morgan fingerprint density at radius 1 is 1.26 bits per heavy atom. The van der Waals surface area contributed by atoms with Crippen molar-refractivity contribution in [1.29, 1.82) is 0 Å². The molecule has 4 N–H and O–H groups in total. The van der Waals surface area contributed by atoms with E-state index >= 15 is 0 Å². The molecule has 4 atom stereocenters. The third-order valence-corrected chi connectivity index (χ3v) is 6.50. The number of esters is 1. The van der Waals surface area contributed by atoms with Crippen molar-refractivity contribution in [2.45, 2.75) is 49.1 Å². The first kappa shape index (κ1) is 19.9. The number of fused-ring (bicyclic) bond motifs is 1. The van der Waals surface area contributed by atoms with Gasteiger partial charge in [-0.05, 0) is 37.5 Å². The first-order chi connectivity index (χ1) is 14.9. The van der Waals surface area contributed by atoms with Gasteiger partial charge in [-0.25, -0.2) is 9.50 Å². The van der Waals surface area contributed by atoms with E-state index in [0.717, 1.165) is 18.4 Å². The van der Waals surface area contributed by atoms with Gasteiger partial charge in [0, 0.05) is 0 Å². The minimum atomic E-state index is -1.28. The molecule has 0 spiro atoms. The van der Waals surface area contributed by atoms with Gasteiger partial charge in [-0.15, -0.1) is 0 Å². The molecule has 0 radical (unpaired) electrons. The molecule has 1 aromatic carbocycles. The van der Waals surface area contributed by atoms with Crippen LogP contribution in [0.15, 0.2) is 48.8 Å². The zero-order valence-corrected chi connectivity index (χ0v) is 17.0. The van der Waals surface area contributed by atoms with E-state index in [9.17, 15) is 15.0 Å². The van der Waals surface area contributed by atoms with Crippen molar-refractivity contribution in [3.63, 3.8) is 0 Å². The third kappa shape index (κ3) is 3.00. The molecular formula is C22H24N4O5. The van der Waals surface area contributed by atoms with Gasteiger partial charge >= 0.3 is 5.97 Å². The van der Waals surface area contributed by atoms with E-state index in [1.54, 1.807) is 19.1 Å². The highest BCUT2D eigenvalue weighted by Gasteiger charge is 2.56. The topological polar surface area (TPSA) is 132 Å². The highest BCUT2D eigenvalue weighted by Crippen LogP contribution is 2.49. The number of carbonyl (C=O) groups is 1. The molecule has 1 aliphatic carbocycles. The lowest BCUT2D eigenvalue weighted by molar-refractivity contribution is -0.155. The van der Waals surface area contributed by atoms with Crippen LogP contribution in [-0.4, -0.2) is 55.7 Å². The molecule has 2 aromatic heterocycles. The Labute approximate surface area is 178 Å². The predicted octanol–water partition coefficient (Wildman–Crippen LogP) is 0.922. The van der Waals surface area contributed by atoms with Gasteiger partial charge in [0.25, 0.3) is 0 Å². The molecule has 2 aliphatic rings. The van der Waals surface area contributed by atoms with Crippen LogP contribution in [-0.2, 0) is 25.3 Å². The van der Waals surface area contributed by atoms with Crippen molar-refractivity contribution in [3.05, 3.63) is 60.0 Å². The molecular weight excluding hydrogens is 400 g/mol. The minimum Gasteiger partial charge on any atom is -0.462 e. The fourth-order valence-corrected chi connectivity index (χ4v) is 4.45. The van der Waals surface area contributed by atoms with Crippen molar-refractivity contribution in [2.24, 2.45) is 0 Å². The predicted molar refractivity (Wildman–Crippen MR) is 110 cm³/mol. The van der Waals surface area contributed by atoms with Crippen LogP contribution < -0.4 is 5.73 Å². The minimum absolute atomic E-state index is 0.165. The van der Waals surface area contributed by atoms with Gasteiger partial charge in [0.15, 0.2) is 5.82 Å². The molecule has 31 heavy (non-hydrogen) atoms. The van der Waals surface area contributed by atoms with Gasteiger partial charge < -0.3 is 25.4 Å². The number of hydrogen-bond acceptors (Lipinski definition) is 8. The van der Waals surface area contributed by atoms with Gasteiger partial charge in [0.05, 0.1) is 11.1 Å². The average molecular weight is 424 g/mol. The fraction of sp³-hybridized carbons (Fsp3) is 0.409. The summed E-state index contributed by atoms with van der Waals surface area (Å²) in [5.41, 5.74) is 6.00. The second-order valence-electron chi connectivity index (χ2n) is 8.41. The number of anilines is 1. The average Bonchev–Trinajstić information content (AvgIpc) is 3.42. The molecule has 1 aliphatic heterocycles. The van der Waals surface area contributed by atoms with Crippen LogP contribution in [0, 0.1) is 0 Å². The molecule has 9 heteroatoms. The maximum absolute atomic E-state index is 12.8. The standard InChI is InChI=1S/C22H24N4O5/c1-21(16-8-7-14-19(23)24-12-25-26(14)16)18(28)17(27)15(31-21)11-30-20(29)22(9-10-22)13-5-3-2-4-6-13/h2-8,12,15,17-18,27-28H,9-11H2,1H3,(H2,23,24,25)/t15-,17-,18-,21+/m1/s1. The van der Waals surface area contributed by atoms with Gasteiger partial charge in [-0.1, -0.05) is 30.3 Å². The smallest absolute Gasteiger partial charge is 0.316 e. The Balaban J connectivity index is 1.34. The summed E-state index contributed by atoms with van der Waals surface area (Å²) < 4.78 is 13.1. The number of aliphatic hydroxyl groups excluding tert-OH is 2. The molecule has 162 valence electrons. The molecule has 3 heterocycles. The molecule has 0 unspecified atom stereocenters. The number of nitrogens with two attached hydrogens (primary N) is 1. The number of aromatic nitrogens is 3. The third-order valence-electron chi connectivity index (χ3n) is 6.50. The lowest BCUT2D eigenvalue weighted by Crippen LogP contribution is -2.39. The first-order valence-corrected chi connectivity index (χ1v) is 10.2. The highest BCUT2D eigenvalue weighted by atomic mass is 16.6. The molecule has 5 rings (SSSR count). The molecule has 1 saturated carbocycles. The van der Waals surface area contributed by atoms with E-state index < -0.39 is 29.3 Å². The van der Waals surface area contributed by atoms with Gasteiger partial charge in [0.1, 0.15) is 42.4 Å². The Kier molecular flexibility index (Phi) is 4.51. The summed E-state index contributed by atoms with van der Waals surface area (Å²) >= 11 is 0. The van der Waals surface area contributed by atoms with Crippen LogP contribution in [0.1, 0.15) is 31.0 Å². The number of benzene rings is 1. The maximum Gasteiger partial charge on any atom is 0.316 e. The monoisotopic (exact) mass is 424 g/mol. The van der Waals surface area contributed by atoms with Crippen LogP contribution in [0.4, 0.5) is 5.82 Å². The van der Waals surface area contributed by atoms with Crippen LogP contribution in [0.25, 0.3) is 5.52 Å². The molecule has 0 bridgehead atoms. The number of aliphatic hydroxyl groups is 2. The summed E-state index contributed by atoms with van der Waals surface area (Å²) in [5.74, 6) is -0.0507. The Hall–Kier alpha value is -3.01. The number of nitrogens with zero attached hydrogens (tertiary/aromatic N) is 3. The number of rotatable bonds is 5. The van der Waals surface area contributed by atoms with Crippen molar-refractivity contribution >= 4 is 17.3 Å².